The third kappa shape index (κ3) is 1.84. The number of para-hydroxylation sites is 1. The first-order valence-electron chi connectivity index (χ1n) is 6.56. The quantitative estimate of drug-likeness (QED) is 0.624. The summed E-state index contributed by atoms with van der Waals surface area (Å²) < 4.78 is 17.1. The van der Waals surface area contributed by atoms with Gasteiger partial charge in [0.05, 0.1) is 0 Å². The maximum atomic E-state index is 5.87. The molecule has 4 heteroatoms. The molecule has 1 saturated heterocycles. The molecule has 0 bridgehead atoms. The number of hydrogen-bond acceptors (Lipinski definition) is 3. The Morgan fingerprint density at radius 1 is 0.842 bits per heavy atom. The van der Waals surface area contributed by atoms with Crippen LogP contribution in [0.2, 0.25) is 0 Å². The van der Waals surface area contributed by atoms with Gasteiger partial charge in [0.15, 0.2) is 0 Å². The molecule has 0 atom stereocenters. The van der Waals surface area contributed by atoms with Crippen molar-refractivity contribution in [1.29, 1.82) is 0 Å². The molecule has 0 amide bonds. The molecule has 0 radical (unpaired) electrons. The highest BCUT2D eigenvalue weighted by Gasteiger charge is 2.25. The van der Waals surface area contributed by atoms with E-state index < -0.39 is 0 Å². The average Bonchev–Trinajstić information content (AvgIpc) is 2.86. The van der Waals surface area contributed by atoms with Crippen LogP contribution in [0.25, 0.3) is 21.9 Å². The van der Waals surface area contributed by atoms with Crippen LogP contribution in [-0.4, -0.2) is 20.3 Å². The van der Waals surface area contributed by atoms with Crippen LogP contribution >= 0.6 is 0 Å². The SMILES string of the molecule is c1ccc2c(c1)oc1cc(B3OCCCO3)ccc12. The zero-order valence-corrected chi connectivity index (χ0v) is 10.5. The van der Waals surface area contributed by atoms with Crippen LogP contribution in [0.1, 0.15) is 6.42 Å². The van der Waals surface area contributed by atoms with Crippen molar-refractivity contribution in [3.63, 3.8) is 0 Å². The smallest absolute Gasteiger partial charge is 0.456 e. The summed E-state index contributed by atoms with van der Waals surface area (Å²) in [5.74, 6) is 0. The summed E-state index contributed by atoms with van der Waals surface area (Å²) in [4.78, 5) is 0. The van der Waals surface area contributed by atoms with Crippen molar-refractivity contribution in [3.05, 3.63) is 42.5 Å². The fraction of sp³-hybridized carbons (Fsp3) is 0.200. The summed E-state index contributed by atoms with van der Waals surface area (Å²) in [6.45, 7) is 1.51. The standard InChI is InChI=1S/C15H13BO3/c1-2-5-14-12(4-1)13-7-6-11(10-15(13)19-14)16-17-8-3-9-18-16/h1-2,4-7,10H,3,8-9H2. The van der Waals surface area contributed by atoms with E-state index in [4.69, 9.17) is 13.7 Å². The molecule has 1 aromatic heterocycles. The number of furan rings is 1. The van der Waals surface area contributed by atoms with Crippen molar-refractivity contribution < 1.29 is 13.7 Å². The Hall–Kier alpha value is -1.78. The molecule has 3 nitrogen and oxygen atoms in total. The van der Waals surface area contributed by atoms with Crippen molar-refractivity contribution in [2.24, 2.45) is 0 Å². The molecular formula is C15H13BO3. The van der Waals surface area contributed by atoms with E-state index >= 15 is 0 Å². The van der Waals surface area contributed by atoms with E-state index in [-0.39, 0.29) is 7.12 Å². The minimum absolute atomic E-state index is 0.258. The Bertz CT molecular complexity index is 728. The predicted octanol–water partition coefficient (Wildman–Crippen LogP) is 2.72. The highest BCUT2D eigenvalue weighted by molar-refractivity contribution is 6.61. The Balaban J connectivity index is 1.84. The van der Waals surface area contributed by atoms with Crippen molar-refractivity contribution in [1.82, 2.24) is 0 Å². The van der Waals surface area contributed by atoms with Crippen molar-refractivity contribution in [2.75, 3.05) is 13.2 Å². The molecule has 1 fully saturated rings. The first-order chi connectivity index (χ1) is 9.42. The molecule has 94 valence electrons. The molecule has 3 aromatic rings. The summed E-state index contributed by atoms with van der Waals surface area (Å²) in [6.07, 6.45) is 0.962. The van der Waals surface area contributed by atoms with Gasteiger partial charge >= 0.3 is 7.12 Å². The lowest BCUT2D eigenvalue weighted by Crippen LogP contribution is -2.40. The minimum Gasteiger partial charge on any atom is -0.456 e. The van der Waals surface area contributed by atoms with Gasteiger partial charge in [-0.3, -0.25) is 0 Å². The first-order valence-corrected chi connectivity index (χ1v) is 6.56. The number of rotatable bonds is 1. The van der Waals surface area contributed by atoms with Gasteiger partial charge < -0.3 is 13.7 Å². The van der Waals surface area contributed by atoms with Gasteiger partial charge in [0, 0.05) is 24.0 Å². The fourth-order valence-corrected chi connectivity index (χ4v) is 2.57. The molecular weight excluding hydrogens is 239 g/mol. The maximum Gasteiger partial charge on any atom is 0.493 e. The van der Waals surface area contributed by atoms with Gasteiger partial charge in [-0.2, -0.15) is 0 Å². The molecule has 0 saturated carbocycles. The normalized spacial score (nSPS) is 16.3. The molecule has 0 aliphatic carbocycles. The van der Waals surface area contributed by atoms with E-state index in [1.807, 2.05) is 24.3 Å². The predicted molar refractivity (Wildman–Crippen MR) is 75.6 cm³/mol. The molecule has 0 spiro atoms. The van der Waals surface area contributed by atoms with Gasteiger partial charge in [-0.25, -0.2) is 0 Å². The molecule has 1 aliphatic rings. The fourth-order valence-electron chi connectivity index (χ4n) is 2.57. The van der Waals surface area contributed by atoms with Crippen LogP contribution in [0.5, 0.6) is 0 Å². The van der Waals surface area contributed by atoms with E-state index in [0.717, 1.165) is 47.0 Å². The Morgan fingerprint density at radius 2 is 1.63 bits per heavy atom. The molecule has 19 heavy (non-hydrogen) atoms. The Kier molecular flexibility index (Phi) is 2.57. The second kappa shape index (κ2) is 4.40. The molecule has 4 rings (SSSR count). The highest BCUT2D eigenvalue weighted by Crippen LogP contribution is 2.27. The summed E-state index contributed by atoms with van der Waals surface area (Å²) in [6, 6.07) is 14.2. The lowest BCUT2D eigenvalue weighted by Gasteiger charge is -2.19. The number of hydrogen-bond donors (Lipinski definition) is 0. The third-order valence-electron chi connectivity index (χ3n) is 3.50. The Morgan fingerprint density at radius 3 is 2.53 bits per heavy atom. The van der Waals surface area contributed by atoms with Crippen LogP contribution in [-0.2, 0) is 9.31 Å². The molecule has 0 N–H and O–H groups in total. The summed E-state index contributed by atoms with van der Waals surface area (Å²) in [5, 5.41) is 2.28. The van der Waals surface area contributed by atoms with Crippen molar-refractivity contribution in [3.8, 4) is 0 Å². The zero-order chi connectivity index (χ0) is 12.7. The topological polar surface area (TPSA) is 31.6 Å². The van der Waals surface area contributed by atoms with E-state index in [1.54, 1.807) is 0 Å². The lowest BCUT2D eigenvalue weighted by atomic mass is 9.78. The lowest BCUT2D eigenvalue weighted by molar-refractivity contribution is 0.143. The van der Waals surface area contributed by atoms with Gasteiger partial charge in [0.2, 0.25) is 0 Å². The van der Waals surface area contributed by atoms with Gasteiger partial charge in [-0.05, 0) is 24.0 Å². The van der Waals surface area contributed by atoms with E-state index in [9.17, 15) is 0 Å². The zero-order valence-electron chi connectivity index (χ0n) is 10.5. The van der Waals surface area contributed by atoms with Crippen LogP contribution in [0.15, 0.2) is 46.9 Å². The molecule has 2 aromatic carbocycles. The average molecular weight is 252 g/mol. The third-order valence-corrected chi connectivity index (χ3v) is 3.50. The van der Waals surface area contributed by atoms with Crippen LogP contribution in [0.3, 0.4) is 0 Å². The van der Waals surface area contributed by atoms with E-state index in [1.165, 1.54) is 0 Å². The maximum absolute atomic E-state index is 5.87. The monoisotopic (exact) mass is 252 g/mol. The largest absolute Gasteiger partial charge is 0.493 e. The second-order valence-electron chi connectivity index (χ2n) is 4.78. The number of fused-ring (bicyclic) bond motifs is 3. The summed E-state index contributed by atoms with van der Waals surface area (Å²) in [7, 11) is -0.258. The van der Waals surface area contributed by atoms with Crippen molar-refractivity contribution in [2.45, 2.75) is 6.42 Å². The Labute approximate surface area is 111 Å². The van der Waals surface area contributed by atoms with E-state index in [2.05, 4.69) is 18.2 Å². The molecule has 2 heterocycles. The number of benzene rings is 2. The second-order valence-corrected chi connectivity index (χ2v) is 4.78. The molecule has 0 unspecified atom stereocenters. The van der Waals surface area contributed by atoms with Crippen LogP contribution in [0, 0.1) is 0 Å². The van der Waals surface area contributed by atoms with Gasteiger partial charge in [0.25, 0.3) is 0 Å². The summed E-state index contributed by atoms with van der Waals surface area (Å²) >= 11 is 0. The van der Waals surface area contributed by atoms with Crippen LogP contribution < -0.4 is 5.46 Å². The molecule has 1 aliphatic heterocycles. The van der Waals surface area contributed by atoms with Crippen molar-refractivity contribution >= 4 is 34.5 Å². The first kappa shape index (κ1) is 11.1. The minimum atomic E-state index is -0.258. The van der Waals surface area contributed by atoms with Gasteiger partial charge in [-0.1, -0.05) is 30.3 Å². The van der Waals surface area contributed by atoms with Gasteiger partial charge in [0.1, 0.15) is 11.2 Å². The van der Waals surface area contributed by atoms with Gasteiger partial charge in [-0.15, -0.1) is 0 Å². The highest BCUT2D eigenvalue weighted by atomic mass is 16.6. The van der Waals surface area contributed by atoms with Crippen LogP contribution in [0.4, 0.5) is 0 Å². The summed E-state index contributed by atoms with van der Waals surface area (Å²) in [5.41, 5.74) is 2.82. The van der Waals surface area contributed by atoms with E-state index in [0.29, 0.717) is 0 Å².